The van der Waals surface area contributed by atoms with Crippen LogP contribution in [0, 0.1) is 0 Å². The van der Waals surface area contributed by atoms with Gasteiger partial charge < -0.3 is 9.47 Å². The van der Waals surface area contributed by atoms with E-state index < -0.39 is 0 Å². The highest BCUT2D eigenvalue weighted by molar-refractivity contribution is 4.85. The Labute approximate surface area is 97.8 Å². The minimum Gasteiger partial charge on any atom is -0.374 e. The van der Waals surface area contributed by atoms with Gasteiger partial charge in [-0.05, 0) is 40.0 Å². The summed E-state index contributed by atoms with van der Waals surface area (Å²) in [5.74, 6) is 0. The molecule has 2 aliphatic rings. The first kappa shape index (κ1) is 12.3. The van der Waals surface area contributed by atoms with Crippen molar-refractivity contribution in [3.05, 3.63) is 0 Å². The second-order valence-corrected chi connectivity index (χ2v) is 5.36. The van der Waals surface area contributed by atoms with Gasteiger partial charge in [0.2, 0.25) is 6.29 Å². The summed E-state index contributed by atoms with van der Waals surface area (Å²) in [5.41, 5.74) is 0.0957. The maximum atomic E-state index is 5.95. The summed E-state index contributed by atoms with van der Waals surface area (Å²) >= 11 is 0. The second-order valence-electron chi connectivity index (χ2n) is 5.36. The first-order valence-electron chi connectivity index (χ1n) is 6.25. The van der Waals surface area contributed by atoms with Gasteiger partial charge in [-0.3, -0.25) is 4.84 Å². The van der Waals surface area contributed by atoms with Crippen LogP contribution in [-0.4, -0.2) is 42.8 Å². The molecule has 0 amide bonds. The highest BCUT2D eigenvalue weighted by Crippen LogP contribution is 2.32. The van der Waals surface area contributed by atoms with Crippen LogP contribution in [0.15, 0.2) is 0 Å². The molecule has 0 aromatic carbocycles. The largest absolute Gasteiger partial charge is 0.374 e. The van der Waals surface area contributed by atoms with E-state index in [4.69, 9.17) is 14.3 Å². The van der Waals surface area contributed by atoms with Crippen molar-refractivity contribution in [1.82, 2.24) is 5.06 Å². The Morgan fingerprint density at radius 1 is 1.31 bits per heavy atom. The molecule has 0 aromatic heterocycles. The Kier molecular flexibility index (Phi) is 3.85. The zero-order valence-corrected chi connectivity index (χ0v) is 10.6. The molecule has 2 rings (SSSR count). The molecule has 0 radical (unpaired) electrons. The highest BCUT2D eigenvalue weighted by atomic mass is 16.8. The van der Waals surface area contributed by atoms with E-state index in [1.807, 2.05) is 0 Å². The summed E-state index contributed by atoms with van der Waals surface area (Å²) in [7, 11) is 0. The van der Waals surface area contributed by atoms with E-state index in [-0.39, 0.29) is 11.8 Å². The number of nitrogens with zero attached hydrogens (tertiary/aromatic N) is 1. The van der Waals surface area contributed by atoms with Gasteiger partial charge in [-0.1, -0.05) is 0 Å². The summed E-state index contributed by atoms with van der Waals surface area (Å²) in [6.07, 6.45) is 3.41. The van der Waals surface area contributed by atoms with Crippen LogP contribution in [0.3, 0.4) is 0 Å². The van der Waals surface area contributed by atoms with Gasteiger partial charge in [-0.15, -0.1) is 0 Å². The lowest BCUT2D eigenvalue weighted by atomic mass is 9.89. The molecular weight excluding hydrogens is 206 g/mol. The zero-order chi connectivity index (χ0) is 11.6. The molecule has 2 heterocycles. The molecule has 0 spiro atoms. The van der Waals surface area contributed by atoms with Gasteiger partial charge in [0.1, 0.15) is 0 Å². The van der Waals surface area contributed by atoms with Gasteiger partial charge in [0.25, 0.3) is 0 Å². The van der Waals surface area contributed by atoms with Crippen LogP contribution in [0.4, 0.5) is 0 Å². The molecule has 0 aliphatic carbocycles. The smallest absolute Gasteiger partial charge is 0.201 e. The maximum absolute atomic E-state index is 5.95. The number of piperidine rings is 1. The lowest BCUT2D eigenvalue weighted by molar-refractivity contribution is -0.353. The van der Waals surface area contributed by atoms with Crippen molar-refractivity contribution in [3.8, 4) is 0 Å². The molecule has 16 heavy (non-hydrogen) atoms. The van der Waals surface area contributed by atoms with Crippen LogP contribution < -0.4 is 0 Å². The first-order valence-corrected chi connectivity index (χ1v) is 6.25. The molecular formula is C12H23NO3. The maximum Gasteiger partial charge on any atom is 0.201 e. The molecule has 94 valence electrons. The fourth-order valence-corrected chi connectivity index (χ4v) is 2.55. The summed E-state index contributed by atoms with van der Waals surface area (Å²) in [6, 6.07) is 0.453. The van der Waals surface area contributed by atoms with E-state index in [0.29, 0.717) is 25.9 Å². The van der Waals surface area contributed by atoms with Gasteiger partial charge in [0, 0.05) is 11.6 Å². The molecule has 0 bridgehead atoms. The van der Waals surface area contributed by atoms with E-state index in [9.17, 15) is 0 Å². The van der Waals surface area contributed by atoms with Gasteiger partial charge in [-0.2, -0.15) is 5.06 Å². The fourth-order valence-electron chi connectivity index (χ4n) is 2.55. The van der Waals surface area contributed by atoms with Crippen molar-refractivity contribution in [2.24, 2.45) is 0 Å². The topological polar surface area (TPSA) is 30.9 Å². The quantitative estimate of drug-likeness (QED) is 0.724. The molecule has 2 saturated heterocycles. The standard InChI is InChI=1S/C12H23NO3/c1-10-5-4-6-12(2,3)13(10)16-11-9-14-7-8-15-11/h10-11H,4-9H2,1-3H3. The van der Waals surface area contributed by atoms with Crippen molar-refractivity contribution in [3.63, 3.8) is 0 Å². The van der Waals surface area contributed by atoms with Gasteiger partial charge in [0.15, 0.2) is 0 Å². The highest BCUT2D eigenvalue weighted by Gasteiger charge is 2.37. The Bertz CT molecular complexity index is 226. The monoisotopic (exact) mass is 229 g/mol. The van der Waals surface area contributed by atoms with Crippen molar-refractivity contribution < 1.29 is 14.3 Å². The van der Waals surface area contributed by atoms with Crippen LogP contribution in [-0.2, 0) is 14.3 Å². The van der Waals surface area contributed by atoms with E-state index in [0.717, 1.165) is 0 Å². The van der Waals surface area contributed by atoms with Gasteiger partial charge >= 0.3 is 0 Å². The molecule has 2 atom stereocenters. The summed E-state index contributed by atoms with van der Waals surface area (Å²) in [6.45, 7) is 8.52. The minimum absolute atomic E-state index is 0.0957. The molecule has 4 heteroatoms. The number of rotatable bonds is 2. The zero-order valence-electron chi connectivity index (χ0n) is 10.6. The van der Waals surface area contributed by atoms with Crippen LogP contribution in [0.5, 0.6) is 0 Å². The van der Waals surface area contributed by atoms with Crippen LogP contribution in [0.2, 0.25) is 0 Å². The van der Waals surface area contributed by atoms with Crippen molar-refractivity contribution in [1.29, 1.82) is 0 Å². The average molecular weight is 229 g/mol. The van der Waals surface area contributed by atoms with Crippen molar-refractivity contribution >= 4 is 0 Å². The average Bonchev–Trinajstić information content (AvgIpc) is 2.25. The Balaban J connectivity index is 1.94. The summed E-state index contributed by atoms with van der Waals surface area (Å²) in [5, 5.41) is 2.11. The van der Waals surface area contributed by atoms with Crippen LogP contribution in [0.25, 0.3) is 0 Å². The third kappa shape index (κ3) is 2.74. The minimum atomic E-state index is -0.228. The van der Waals surface area contributed by atoms with Crippen LogP contribution >= 0.6 is 0 Å². The van der Waals surface area contributed by atoms with Crippen molar-refractivity contribution in [2.45, 2.75) is 57.9 Å². The van der Waals surface area contributed by atoms with E-state index in [1.165, 1.54) is 19.3 Å². The number of hydrogen-bond donors (Lipinski definition) is 0. The molecule has 0 aromatic rings. The summed E-state index contributed by atoms with van der Waals surface area (Å²) < 4.78 is 10.9. The fraction of sp³-hybridized carbons (Fsp3) is 1.00. The predicted molar refractivity (Wildman–Crippen MR) is 60.9 cm³/mol. The molecule has 0 saturated carbocycles. The molecule has 2 fully saturated rings. The Hall–Kier alpha value is -0.160. The summed E-state index contributed by atoms with van der Waals surface area (Å²) in [4.78, 5) is 5.95. The van der Waals surface area contributed by atoms with Gasteiger partial charge in [0.05, 0.1) is 19.8 Å². The van der Waals surface area contributed by atoms with Crippen molar-refractivity contribution in [2.75, 3.05) is 19.8 Å². The third-order valence-electron chi connectivity index (χ3n) is 3.42. The van der Waals surface area contributed by atoms with Crippen LogP contribution in [0.1, 0.15) is 40.0 Å². The number of hydroxylamine groups is 2. The number of hydrogen-bond acceptors (Lipinski definition) is 4. The normalized spacial score (nSPS) is 36.2. The molecule has 2 unspecified atom stereocenters. The predicted octanol–water partition coefficient (Wildman–Crippen LogP) is 1.94. The number of ether oxygens (including phenoxy) is 2. The lowest BCUT2D eigenvalue weighted by Gasteiger charge is -2.46. The van der Waals surface area contributed by atoms with E-state index in [2.05, 4.69) is 25.8 Å². The van der Waals surface area contributed by atoms with E-state index in [1.54, 1.807) is 0 Å². The Morgan fingerprint density at radius 2 is 2.12 bits per heavy atom. The van der Waals surface area contributed by atoms with Gasteiger partial charge in [-0.25, -0.2) is 0 Å². The lowest BCUT2D eigenvalue weighted by Crippen LogP contribution is -2.54. The van der Waals surface area contributed by atoms with E-state index >= 15 is 0 Å². The second kappa shape index (κ2) is 5.00. The Morgan fingerprint density at radius 3 is 2.75 bits per heavy atom. The first-order chi connectivity index (χ1) is 7.59. The molecule has 0 N–H and O–H groups in total. The third-order valence-corrected chi connectivity index (χ3v) is 3.42. The molecule has 4 nitrogen and oxygen atoms in total. The SMILES string of the molecule is CC1CCCC(C)(C)N1OC1COCCO1. The molecule has 2 aliphatic heterocycles.